The number of aryl methyl sites for hydroxylation is 1. The van der Waals surface area contributed by atoms with Gasteiger partial charge >= 0.3 is 0 Å². The third-order valence-corrected chi connectivity index (χ3v) is 10.7. The molecule has 306 valence electrons. The molecule has 6 aromatic carbocycles. The Kier molecular flexibility index (Phi) is 14.1. The van der Waals surface area contributed by atoms with E-state index in [4.69, 9.17) is 27.9 Å². The minimum atomic E-state index is -0.559. The fourth-order valence-corrected chi connectivity index (χ4v) is 7.58. The highest BCUT2D eigenvalue weighted by atomic mass is 35.5. The number of carbonyl (C=O) groups excluding carboxylic acids is 2. The summed E-state index contributed by atoms with van der Waals surface area (Å²) in [5.74, 6) is 0.209. The maximum Gasteiger partial charge on any atom is 0.258 e. The number of aromatic hydroxyl groups is 2. The number of hydrogen-bond acceptors (Lipinski definition) is 7. The molecule has 0 fully saturated rings. The molecule has 0 spiro atoms. The Morgan fingerprint density at radius 3 is 1.69 bits per heavy atom. The van der Waals surface area contributed by atoms with Crippen molar-refractivity contribution >= 4 is 56.8 Å². The highest BCUT2D eigenvalue weighted by Gasteiger charge is 2.24. The number of benzene rings is 6. The number of para-hydroxylation sites is 1. The van der Waals surface area contributed by atoms with Gasteiger partial charge in [0, 0.05) is 34.3 Å². The van der Waals surface area contributed by atoms with Crippen LogP contribution in [0.2, 0.25) is 10.0 Å². The van der Waals surface area contributed by atoms with Crippen LogP contribution in [0.5, 0.6) is 17.2 Å². The first kappa shape index (κ1) is 42.2. The van der Waals surface area contributed by atoms with Gasteiger partial charge in [-0.2, -0.15) is 0 Å². The topological polar surface area (TPSA) is 134 Å². The Morgan fingerprint density at radius 2 is 1.10 bits per heavy atom. The van der Waals surface area contributed by atoms with Gasteiger partial charge in [-0.05, 0) is 78.1 Å². The van der Waals surface area contributed by atoms with Gasteiger partial charge < -0.3 is 25.6 Å². The fraction of sp³-hybridized carbons (Fsp3) is 0.120. The summed E-state index contributed by atoms with van der Waals surface area (Å²) in [5, 5.41) is 30.2. The number of carbonyl (C=O) groups is 2. The van der Waals surface area contributed by atoms with E-state index in [0.29, 0.717) is 61.6 Å². The molecular weight excluding hydrogens is 807 g/mol. The van der Waals surface area contributed by atoms with E-state index in [9.17, 15) is 19.8 Å². The first-order valence-electron chi connectivity index (χ1n) is 19.7. The van der Waals surface area contributed by atoms with Gasteiger partial charge in [-0.25, -0.2) is 0 Å². The van der Waals surface area contributed by atoms with Crippen LogP contribution in [0.1, 0.15) is 46.3 Å². The lowest BCUT2D eigenvalue weighted by Crippen LogP contribution is -2.33. The number of aromatic nitrogens is 2. The third kappa shape index (κ3) is 10.8. The molecular formula is C50H42Cl2N4O5. The van der Waals surface area contributed by atoms with E-state index in [1.165, 1.54) is 0 Å². The molecule has 0 aliphatic carbocycles. The van der Waals surface area contributed by atoms with Gasteiger partial charge in [0.2, 0.25) is 5.91 Å². The average molecular weight is 850 g/mol. The first-order valence-corrected chi connectivity index (χ1v) is 20.4. The van der Waals surface area contributed by atoms with Gasteiger partial charge in [0.1, 0.15) is 28.3 Å². The molecule has 9 nitrogen and oxygen atoms in total. The number of phenolic OH excluding ortho intramolecular Hbond substituents is 2. The summed E-state index contributed by atoms with van der Waals surface area (Å²) in [5.41, 5.74) is 4.76. The maximum absolute atomic E-state index is 12.8. The van der Waals surface area contributed by atoms with E-state index in [1.54, 1.807) is 60.9 Å². The van der Waals surface area contributed by atoms with Crippen LogP contribution in [-0.2, 0) is 22.4 Å². The molecule has 8 rings (SSSR count). The first-order chi connectivity index (χ1) is 29.7. The molecule has 61 heavy (non-hydrogen) atoms. The summed E-state index contributed by atoms with van der Waals surface area (Å²) in [7, 11) is 0. The number of amides is 2. The zero-order valence-electron chi connectivity index (χ0n) is 32.9. The predicted molar refractivity (Wildman–Crippen MR) is 241 cm³/mol. The third-order valence-electron chi connectivity index (χ3n) is 10.0. The second-order valence-electron chi connectivity index (χ2n) is 14.2. The molecule has 0 aliphatic heterocycles. The number of halogens is 2. The Bertz CT molecular complexity index is 2730. The van der Waals surface area contributed by atoms with Crippen molar-refractivity contribution in [1.29, 1.82) is 0 Å². The number of phenols is 2. The van der Waals surface area contributed by atoms with E-state index in [-0.39, 0.29) is 36.3 Å². The SMILES string of the molecule is O=C(COc1ccccc1)NC(CCc1ccccc1)c1cc(Cl)c2cccnc2c1O.O=C(Cc1ccccc1)NC(c1ccccc1)c1cc(Cl)c2cccnc2c1O. The zero-order chi connectivity index (χ0) is 42.6. The minimum Gasteiger partial charge on any atom is -0.505 e. The number of nitrogens with one attached hydrogen (secondary N) is 2. The van der Waals surface area contributed by atoms with Crippen LogP contribution in [-0.4, -0.2) is 38.6 Å². The van der Waals surface area contributed by atoms with Crippen LogP contribution < -0.4 is 15.4 Å². The molecule has 0 aliphatic rings. The molecule has 0 bridgehead atoms. The van der Waals surface area contributed by atoms with Crippen LogP contribution in [0.4, 0.5) is 0 Å². The molecule has 8 aromatic rings. The molecule has 4 N–H and O–H groups in total. The molecule has 0 saturated heterocycles. The molecule has 2 heterocycles. The van der Waals surface area contributed by atoms with Gasteiger partial charge in [-0.1, -0.05) is 132 Å². The Hall–Kier alpha value is -6.94. The molecule has 2 unspecified atom stereocenters. The predicted octanol–water partition coefficient (Wildman–Crippen LogP) is 10.5. The van der Waals surface area contributed by atoms with E-state index in [1.807, 2.05) is 109 Å². The summed E-state index contributed by atoms with van der Waals surface area (Å²) in [4.78, 5) is 34.1. The maximum atomic E-state index is 12.8. The van der Waals surface area contributed by atoms with Gasteiger partial charge in [0.25, 0.3) is 5.91 Å². The largest absolute Gasteiger partial charge is 0.505 e. The zero-order valence-corrected chi connectivity index (χ0v) is 34.4. The van der Waals surface area contributed by atoms with E-state index in [0.717, 1.165) is 16.7 Å². The summed E-state index contributed by atoms with van der Waals surface area (Å²) in [6.07, 6.45) is 4.73. The normalized spacial score (nSPS) is 11.8. The number of nitrogens with zero attached hydrogens (tertiary/aromatic N) is 2. The molecule has 0 radical (unpaired) electrons. The van der Waals surface area contributed by atoms with Crippen molar-refractivity contribution < 1.29 is 24.5 Å². The monoisotopic (exact) mass is 848 g/mol. The highest BCUT2D eigenvalue weighted by molar-refractivity contribution is 6.36. The van der Waals surface area contributed by atoms with Crippen molar-refractivity contribution in [3.8, 4) is 17.2 Å². The number of rotatable bonds is 13. The molecule has 2 amide bonds. The average Bonchev–Trinajstić information content (AvgIpc) is 3.30. The molecule has 11 heteroatoms. The lowest BCUT2D eigenvalue weighted by atomic mass is 9.96. The lowest BCUT2D eigenvalue weighted by molar-refractivity contribution is -0.124. The van der Waals surface area contributed by atoms with Crippen molar-refractivity contribution in [2.45, 2.75) is 31.3 Å². The summed E-state index contributed by atoms with van der Waals surface area (Å²) in [6.45, 7) is -0.133. The van der Waals surface area contributed by atoms with E-state index in [2.05, 4.69) is 20.6 Å². The molecule has 2 atom stereocenters. The number of hydrogen-bond donors (Lipinski definition) is 4. The van der Waals surface area contributed by atoms with E-state index >= 15 is 0 Å². The van der Waals surface area contributed by atoms with Gasteiger partial charge in [-0.15, -0.1) is 0 Å². The van der Waals surface area contributed by atoms with Crippen LogP contribution in [0.25, 0.3) is 21.8 Å². The quantitative estimate of drug-likeness (QED) is 0.0908. The van der Waals surface area contributed by atoms with Crippen molar-refractivity contribution in [1.82, 2.24) is 20.6 Å². The van der Waals surface area contributed by atoms with Crippen molar-refractivity contribution in [2.75, 3.05) is 6.61 Å². The van der Waals surface area contributed by atoms with Gasteiger partial charge in [0.15, 0.2) is 6.61 Å². The van der Waals surface area contributed by atoms with E-state index < -0.39 is 12.1 Å². The molecule has 2 aromatic heterocycles. The standard InChI is InChI=1S/C26H23ClN2O3.C24H19ClN2O2/c27-22-16-21(26(31)25-20(22)12-7-15-28-25)23(14-13-18-8-3-1-4-9-18)29-24(30)17-32-19-10-5-2-6-11-19;25-20-15-19(24(29)23-18(20)12-7-13-26-23)22(17-10-5-2-6-11-17)27-21(28)14-16-8-3-1-4-9-16/h1-12,15-16,23,31H,13-14,17H2,(H,29,30);1-13,15,22,29H,14H2,(H,27,28). The summed E-state index contributed by atoms with van der Waals surface area (Å²) >= 11 is 13.0. The van der Waals surface area contributed by atoms with Crippen LogP contribution >= 0.6 is 23.2 Å². The Morgan fingerprint density at radius 1 is 0.590 bits per heavy atom. The van der Waals surface area contributed by atoms with Crippen LogP contribution in [0.3, 0.4) is 0 Å². The van der Waals surface area contributed by atoms with Crippen molar-refractivity contribution in [2.24, 2.45) is 0 Å². The Labute approximate surface area is 363 Å². The number of pyridine rings is 2. The summed E-state index contributed by atoms with van der Waals surface area (Å²) < 4.78 is 5.58. The number of ether oxygens (including phenoxy) is 1. The second kappa shape index (κ2) is 20.4. The molecule has 0 saturated carbocycles. The number of fused-ring (bicyclic) bond motifs is 2. The minimum absolute atomic E-state index is 0.0128. The fourth-order valence-electron chi connectivity index (χ4n) is 7.04. The summed E-state index contributed by atoms with van der Waals surface area (Å²) in [6, 6.07) is 47.7. The van der Waals surface area contributed by atoms with Crippen LogP contribution in [0, 0.1) is 0 Å². The smallest absolute Gasteiger partial charge is 0.258 e. The van der Waals surface area contributed by atoms with Crippen molar-refractivity contribution in [3.05, 3.63) is 208 Å². The Balaban J connectivity index is 0.000000185. The van der Waals surface area contributed by atoms with Crippen molar-refractivity contribution in [3.63, 3.8) is 0 Å². The van der Waals surface area contributed by atoms with Gasteiger partial charge in [-0.3, -0.25) is 19.6 Å². The lowest BCUT2D eigenvalue weighted by Gasteiger charge is -2.22. The van der Waals surface area contributed by atoms with Crippen LogP contribution in [0.15, 0.2) is 170 Å². The highest BCUT2D eigenvalue weighted by Crippen LogP contribution is 2.39. The second-order valence-corrected chi connectivity index (χ2v) is 15.0. The van der Waals surface area contributed by atoms with Gasteiger partial charge in [0.05, 0.1) is 28.5 Å².